The Kier molecular flexibility index (Phi) is 7.14. The first-order chi connectivity index (χ1) is 20.1. The summed E-state index contributed by atoms with van der Waals surface area (Å²) in [5.74, 6) is 0. The Balaban J connectivity index is 1.59. The Morgan fingerprint density at radius 2 is 1.47 bits per heavy atom. The van der Waals surface area contributed by atoms with E-state index < -0.39 is 11.7 Å². The van der Waals surface area contributed by atoms with Crippen LogP contribution in [0.1, 0.15) is 63.8 Å². The zero-order chi connectivity index (χ0) is 30.9. The van der Waals surface area contributed by atoms with E-state index in [1.54, 1.807) is 12.3 Å². The summed E-state index contributed by atoms with van der Waals surface area (Å²) in [4.78, 5) is 4.79. The Morgan fingerprint density at radius 3 is 2.14 bits per heavy atom. The molecule has 0 aliphatic rings. The molecule has 0 saturated carbocycles. The summed E-state index contributed by atoms with van der Waals surface area (Å²) >= 11 is -0.335. The van der Waals surface area contributed by atoms with Gasteiger partial charge in [-0.25, -0.2) is 0 Å². The average Bonchev–Trinajstić information content (AvgIpc) is 3.28. The molecule has 0 radical (unpaired) electrons. The molecular weight excluding hydrogens is 606 g/mol. The fourth-order valence-electron chi connectivity index (χ4n) is 6.26. The van der Waals surface area contributed by atoms with Gasteiger partial charge in [0.2, 0.25) is 0 Å². The SMILES string of the molecule is Cc1cc(CC(C)(C)C)ccc1-c1cc(C(F)(F)F)c2c(c1)[se]c1c(-c3cc(C(C)(C)C)c4ccccc4c3)nccc12. The molecule has 43 heavy (non-hydrogen) atoms. The molecule has 0 aliphatic carbocycles. The number of benzene rings is 4. The van der Waals surface area contributed by atoms with Crippen molar-refractivity contribution in [1.29, 1.82) is 0 Å². The third kappa shape index (κ3) is 5.66. The fourth-order valence-corrected chi connectivity index (χ4v) is 8.93. The van der Waals surface area contributed by atoms with Crippen LogP contribution in [0.2, 0.25) is 0 Å². The van der Waals surface area contributed by atoms with Crippen LogP contribution in [0.25, 0.3) is 52.4 Å². The molecule has 0 aliphatic heterocycles. The minimum absolute atomic E-state index is 0.111. The Morgan fingerprint density at radius 1 is 0.744 bits per heavy atom. The summed E-state index contributed by atoms with van der Waals surface area (Å²) in [6.07, 6.45) is -1.91. The van der Waals surface area contributed by atoms with E-state index in [0.717, 1.165) is 42.7 Å². The van der Waals surface area contributed by atoms with E-state index in [9.17, 15) is 13.2 Å². The number of aryl methyl sites for hydroxylation is 1. The van der Waals surface area contributed by atoms with Gasteiger partial charge in [0.25, 0.3) is 0 Å². The van der Waals surface area contributed by atoms with Crippen molar-refractivity contribution in [3.05, 3.63) is 101 Å². The molecule has 220 valence electrons. The molecule has 6 rings (SSSR count). The number of pyridine rings is 1. The van der Waals surface area contributed by atoms with Crippen LogP contribution >= 0.6 is 0 Å². The van der Waals surface area contributed by atoms with Crippen molar-refractivity contribution in [2.45, 2.75) is 66.5 Å². The zero-order valence-corrected chi connectivity index (χ0v) is 27.4. The Labute approximate surface area is 257 Å². The van der Waals surface area contributed by atoms with Crippen LogP contribution < -0.4 is 0 Å². The molecule has 5 heteroatoms. The topological polar surface area (TPSA) is 12.9 Å². The molecule has 0 bridgehead atoms. The summed E-state index contributed by atoms with van der Waals surface area (Å²) in [7, 11) is 0. The summed E-state index contributed by atoms with van der Waals surface area (Å²) < 4.78 is 45.9. The Hall–Kier alpha value is -3.40. The molecular formula is C38H36F3NSe. The third-order valence-corrected chi connectivity index (χ3v) is 10.5. The molecule has 1 nitrogen and oxygen atoms in total. The first-order valence-electron chi connectivity index (χ1n) is 14.7. The summed E-state index contributed by atoms with van der Waals surface area (Å²) in [6.45, 7) is 15.1. The van der Waals surface area contributed by atoms with Gasteiger partial charge < -0.3 is 0 Å². The predicted octanol–water partition coefficient (Wildman–Crippen LogP) is 11.1. The van der Waals surface area contributed by atoms with E-state index in [-0.39, 0.29) is 25.3 Å². The minimum atomic E-state index is -4.48. The van der Waals surface area contributed by atoms with Gasteiger partial charge in [-0.05, 0) is 0 Å². The first-order valence-corrected chi connectivity index (χ1v) is 16.4. The Bertz CT molecular complexity index is 2020. The van der Waals surface area contributed by atoms with Gasteiger partial charge in [0, 0.05) is 0 Å². The normalized spacial score (nSPS) is 13.0. The van der Waals surface area contributed by atoms with Crippen LogP contribution in [0.4, 0.5) is 13.2 Å². The van der Waals surface area contributed by atoms with Crippen LogP contribution in [-0.4, -0.2) is 19.5 Å². The van der Waals surface area contributed by atoms with Crippen molar-refractivity contribution in [2.24, 2.45) is 5.41 Å². The van der Waals surface area contributed by atoms with E-state index in [4.69, 9.17) is 4.98 Å². The predicted molar refractivity (Wildman–Crippen MR) is 176 cm³/mol. The number of alkyl halides is 3. The van der Waals surface area contributed by atoms with Gasteiger partial charge in [-0.1, -0.05) is 0 Å². The number of rotatable bonds is 3. The zero-order valence-electron chi connectivity index (χ0n) is 25.7. The monoisotopic (exact) mass is 643 g/mol. The quantitative estimate of drug-likeness (QED) is 0.175. The summed E-state index contributed by atoms with van der Waals surface area (Å²) in [5, 5.41) is 3.26. The van der Waals surface area contributed by atoms with Gasteiger partial charge >= 0.3 is 258 Å². The van der Waals surface area contributed by atoms with Crippen LogP contribution in [0, 0.1) is 12.3 Å². The molecule has 0 fully saturated rings. The number of aromatic nitrogens is 1. The molecule has 0 spiro atoms. The second-order valence-corrected chi connectivity index (χ2v) is 16.1. The molecule has 0 N–H and O–H groups in total. The average molecular weight is 643 g/mol. The molecule has 0 unspecified atom stereocenters. The summed E-state index contributed by atoms with van der Waals surface area (Å²) in [5.41, 5.74) is 6.04. The molecule has 2 aromatic heterocycles. The van der Waals surface area contributed by atoms with E-state index >= 15 is 0 Å². The fraction of sp³-hybridized carbons (Fsp3) is 0.289. The molecule has 2 heterocycles. The second-order valence-electron chi connectivity index (χ2n) is 13.9. The molecule has 0 saturated heterocycles. The number of halogens is 3. The number of hydrogen-bond acceptors (Lipinski definition) is 1. The van der Waals surface area contributed by atoms with Crippen molar-refractivity contribution in [1.82, 2.24) is 4.98 Å². The van der Waals surface area contributed by atoms with Gasteiger partial charge in [-0.15, -0.1) is 0 Å². The number of fused-ring (bicyclic) bond motifs is 4. The van der Waals surface area contributed by atoms with Crippen molar-refractivity contribution in [2.75, 3.05) is 0 Å². The molecule has 4 aromatic carbocycles. The van der Waals surface area contributed by atoms with Crippen molar-refractivity contribution >= 4 is 44.6 Å². The van der Waals surface area contributed by atoms with Gasteiger partial charge in [-0.3, -0.25) is 0 Å². The third-order valence-electron chi connectivity index (χ3n) is 8.07. The van der Waals surface area contributed by atoms with E-state index in [0.29, 0.717) is 16.3 Å². The van der Waals surface area contributed by atoms with Crippen molar-refractivity contribution in [3.8, 4) is 22.4 Å². The van der Waals surface area contributed by atoms with Gasteiger partial charge in [-0.2, -0.15) is 0 Å². The van der Waals surface area contributed by atoms with Gasteiger partial charge in [0.1, 0.15) is 0 Å². The van der Waals surface area contributed by atoms with E-state index in [1.807, 2.05) is 31.2 Å². The molecule has 0 atom stereocenters. The molecule has 0 amide bonds. The van der Waals surface area contributed by atoms with Gasteiger partial charge in [0.05, 0.1) is 0 Å². The summed E-state index contributed by atoms with van der Waals surface area (Å²) in [6, 6.07) is 23.9. The number of nitrogens with zero attached hydrogens (tertiary/aromatic N) is 1. The van der Waals surface area contributed by atoms with Crippen LogP contribution in [0.3, 0.4) is 0 Å². The van der Waals surface area contributed by atoms with Crippen LogP contribution in [-0.2, 0) is 18.0 Å². The second kappa shape index (κ2) is 10.4. The van der Waals surface area contributed by atoms with E-state index in [1.165, 1.54) is 22.6 Å². The van der Waals surface area contributed by atoms with Crippen LogP contribution in [0.5, 0.6) is 0 Å². The maximum atomic E-state index is 14.8. The first kappa shape index (κ1) is 29.7. The van der Waals surface area contributed by atoms with Gasteiger partial charge in [0.15, 0.2) is 0 Å². The standard InChI is InChI=1S/C38H36F3NSe/c1-22-16-23(21-36(2,3)4)12-13-27(22)25-18-31(38(39,40)41)33-29-14-15-42-34(35(29)43-32(33)20-25)26-17-24-10-8-9-11-28(24)30(19-26)37(5,6)7/h8-20H,21H2,1-7H3. The van der Waals surface area contributed by atoms with E-state index in [2.05, 4.69) is 77.9 Å². The number of hydrogen-bond donors (Lipinski definition) is 0. The maximum absolute atomic E-state index is 14.8. The molecule has 6 aromatic rings. The van der Waals surface area contributed by atoms with Crippen molar-refractivity contribution in [3.63, 3.8) is 0 Å². The van der Waals surface area contributed by atoms with Crippen molar-refractivity contribution < 1.29 is 13.2 Å². The van der Waals surface area contributed by atoms with Crippen LogP contribution in [0.15, 0.2) is 79.0 Å².